The lowest BCUT2D eigenvalue weighted by molar-refractivity contribution is -0.118. The number of anilines is 1. The number of carbonyl (C=O) groups is 1. The standard InChI is InChI=1S/C18H26N4O/c1-12(2)16(19)18(23)21-15-7-5-6-14(10-15)11-22-9-8-20-17(22)13(3)4/h5-10,12-13,16H,11,19H2,1-4H3,(H,21,23)/t16-/m0/s1. The van der Waals surface area contributed by atoms with Crippen LogP contribution in [0.3, 0.4) is 0 Å². The van der Waals surface area contributed by atoms with Crippen molar-refractivity contribution in [3.8, 4) is 0 Å². The van der Waals surface area contributed by atoms with Gasteiger partial charge >= 0.3 is 0 Å². The van der Waals surface area contributed by atoms with Crippen LogP contribution in [0.15, 0.2) is 36.7 Å². The predicted molar refractivity (Wildman–Crippen MR) is 93.3 cm³/mol. The highest BCUT2D eigenvalue weighted by molar-refractivity contribution is 5.94. The van der Waals surface area contributed by atoms with Crippen LogP contribution >= 0.6 is 0 Å². The van der Waals surface area contributed by atoms with Gasteiger partial charge in [0.1, 0.15) is 5.82 Å². The lowest BCUT2D eigenvalue weighted by atomic mass is 10.0. The van der Waals surface area contributed by atoms with E-state index in [9.17, 15) is 4.79 Å². The molecule has 0 bridgehead atoms. The number of nitrogens with two attached hydrogens (primary N) is 1. The van der Waals surface area contributed by atoms with Crippen LogP contribution in [0.4, 0.5) is 5.69 Å². The minimum atomic E-state index is -0.500. The number of amides is 1. The van der Waals surface area contributed by atoms with Crippen molar-refractivity contribution in [1.82, 2.24) is 9.55 Å². The molecule has 0 fully saturated rings. The minimum Gasteiger partial charge on any atom is -0.330 e. The van der Waals surface area contributed by atoms with E-state index in [1.54, 1.807) is 0 Å². The molecule has 0 aliphatic rings. The number of nitrogens with one attached hydrogen (secondary N) is 1. The Morgan fingerprint density at radius 3 is 2.70 bits per heavy atom. The molecule has 1 atom stereocenters. The first kappa shape index (κ1) is 17.2. The molecule has 1 aromatic carbocycles. The summed E-state index contributed by atoms with van der Waals surface area (Å²) >= 11 is 0. The largest absolute Gasteiger partial charge is 0.330 e. The second kappa shape index (κ2) is 7.42. The summed E-state index contributed by atoms with van der Waals surface area (Å²) in [5.74, 6) is 1.39. The average molecular weight is 314 g/mol. The van der Waals surface area contributed by atoms with Gasteiger partial charge in [-0.3, -0.25) is 4.79 Å². The van der Waals surface area contributed by atoms with Crippen molar-refractivity contribution in [2.45, 2.75) is 46.2 Å². The zero-order valence-electron chi connectivity index (χ0n) is 14.3. The summed E-state index contributed by atoms with van der Waals surface area (Å²) in [6.07, 6.45) is 3.80. The van der Waals surface area contributed by atoms with Gasteiger partial charge in [-0.15, -0.1) is 0 Å². The van der Waals surface area contributed by atoms with Gasteiger partial charge in [-0.25, -0.2) is 4.98 Å². The molecule has 3 N–H and O–H groups in total. The molecule has 5 nitrogen and oxygen atoms in total. The van der Waals surface area contributed by atoms with E-state index in [0.29, 0.717) is 5.92 Å². The topological polar surface area (TPSA) is 72.9 Å². The fraction of sp³-hybridized carbons (Fsp3) is 0.444. The van der Waals surface area contributed by atoms with Crippen molar-refractivity contribution < 1.29 is 4.79 Å². The number of aromatic nitrogens is 2. The van der Waals surface area contributed by atoms with Crippen LogP contribution in [-0.4, -0.2) is 21.5 Å². The van der Waals surface area contributed by atoms with Crippen molar-refractivity contribution in [3.63, 3.8) is 0 Å². The Kier molecular flexibility index (Phi) is 5.55. The predicted octanol–water partition coefficient (Wildman–Crippen LogP) is 2.98. The lowest BCUT2D eigenvalue weighted by Gasteiger charge is -2.16. The van der Waals surface area contributed by atoms with Crippen molar-refractivity contribution in [2.24, 2.45) is 11.7 Å². The number of benzene rings is 1. The van der Waals surface area contributed by atoms with Crippen LogP contribution in [0.25, 0.3) is 0 Å². The van der Waals surface area contributed by atoms with E-state index in [2.05, 4.69) is 28.7 Å². The highest BCUT2D eigenvalue weighted by Gasteiger charge is 2.17. The number of rotatable bonds is 6. The molecule has 2 rings (SSSR count). The number of imidazole rings is 1. The molecular weight excluding hydrogens is 288 g/mol. The molecule has 2 aromatic rings. The molecule has 0 aliphatic heterocycles. The molecule has 124 valence electrons. The summed E-state index contributed by atoms with van der Waals surface area (Å²) in [6.45, 7) is 8.86. The van der Waals surface area contributed by atoms with Crippen LogP contribution in [-0.2, 0) is 11.3 Å². The second-order valence-electron chi connectivity index (χ2n) is 6.53. The van der Waals surface area contributed by atoms with Crippen molar-refractivity contribution in [2.75, 3.05) is 5.32 Å². The molecular formula is C18H26N4O. The number of hydrogen-bond acceptors (Lipinski definition) is 3. The third kappa shape index (κ3) is 4.42. The summed E-state index contributed by atoms with van der Waals surface area (Å²) < 4.78 is 2.13. The maximum absolute atomic E-state index is 12.1. The third-order valence-electron chi connectivity index (χ3n) is 3.83. The first-order valence-electron chi connectivity index (χ1n) is 8.05. The summed E-state index contributed by atoms with van der Waals surface area (Å²) in [5.41, 5.74) is 7.77. The van der Waals surface area contributed by atoms with E-state index in [1.165, 1.54) is 0 Å². The van der Waals surface area contributed by atoms with Crippen LogP contribution in [0.1, 0.15) is 45.0 Å². The van der Waals surface area contributed by atoms with Crippen molar-refractivity contribution in [3.05, 3.63) is 48.0 Å². The monoisotopic (exact) mass is 314 g/mol. The lowest BCUT2D eigenvalue weighted by Crippen LogP contribution is -2.39. The van der Waals surface area contributed by atoms with Gasteiger partial charge in [0.15, 0.2) is 0 Å². The zero-order valence-corrected chi connectivity index (χ0v) is 14.3. The molecule has 0 radical (unpaired) electrons. The summed E-state index contributed by atoms with van der Waals surface area (Å²) in [4.78, 5) is 16.5. The normalized spacial score (nSPS) is 12.7. The van der Waals surface area contributed by atoms with Gasteiger partial charge < -0.3 is 15.6 Å². The third-order valence-corrected chi connectivity index (χ3v) is 3.83. The molecule has 1 aromatic heterocycles. The van der Waals surface area contributed by atoms with Gasteiger partial charge in [0.25, 0.3) is 0 Å². The SMILES string of the molecule is CC(C)c1nccn1Cc1cccc(NC(=O)[C@@H](N)C(C)C)c1. The molecule has 0 saturated carbocycles. The first-order valence-corrected chi connectivity index (χ1v) is 8.05. The molecule has 0 aliphatic carbocycles. The van der Waals surface area contributed by atoms with Crippen molar-refractivity contribution in [1.29, 1.82) is 0 Å². The number of nitrogens with zero attached hydrogens (tertiary/aromatic N) is 2. The molecule has 23 heavy (non-hydrogen) atoms. The van der Waals surface area contributed by atoms with Crippen molar-refractivity contribution >= 4 is 11.6 Å². The highest BCUT2D eigenvalue weighted by atomic mass is 16.2. The average Bonchev–Trinajstić information content (AvgIpc) is 2.95. The quantitative estimate of drug-likeness (QED) is 0.861. The minimum absolute atomic E-state index is 0.109. The molecule has 1 amide bonds. The summed E-state index contributed by atoms with van der Waals surface area (Å²) in [7, 11) is 0. The van der Waals surface area contributed by atoms with Gasteiger partial charge in [0.05, 0.1) is 6.04 Å². The Labute approximate surface area is 137 Å². The maximum atomic E-state index is 12.1. The Bertz CT molecular complexity index is 661. The molecule has 0 spiro atoms. The highest BCUT2D eigenvalue weighted by Crippen LogP contribution is 2.17. The van der Waals surface area contributed by atoms with E-state index in [-0.39, 0.29) is 11.8 Å². The fourth-order valence-corrected chi connectivity index (χ4v) is 2.43. The molecule has 0 unspecified atom stereocenters. The fourth-order valence-electron chi connectivity index (χ4n) is 2.43. The number of hydrogen-bond donors (Lipinski definition) is 2. The van der Waals surface area contributed by atoms with E-state index in [0.717, 1.165) is 23.6 Å². The van der Waals surface area contributed by atoms with Gasteiger partial charge in [-0.1, -0.05) is 39.8 Å². The van der Waals surface area contributed by atoms with E-state index in [1.807, 2.05) is 50.5 Å². The Morgan fingerprint density at radius 2 is 2.04 bits per heavy atom. The van der Waals surface area contributed by atoms with Crippen LogP contribution < -0.4 is 11.1 Å². The van der Waals surface area contributed by atoms with Gasteiger partial charge in [-0.2, -0.15) is 0 Å². The summed E-state index contributed by atoms with van der Waals surface area (Å²) in [5, 5.41) is 2.89. The van der Waals surface area contributed by atoms with Crippen LogP contribution in [0.5, 0.6) is 0 Å². The smallest absolute Gasteiger partial charge is 0.241 e. The van der Waals surface area contributed by atoms with Crippen LogP contribution in [0.2, 0.25) is 0 Å². The molecule has 0 saturated heterocycles. The van der Waals surface area contributed by atoms with E-state index >= 15 is 0 Å². The van der Waals surface area contributed by atoms with Gasteiger partial charge in [0, 0.05) is 30.5 Å². The molecule has 1 heterocycles. The van der Waals surface area contributed by atoms with Gasteiger partial charge in [0.2, 0.25) is 5.91 Å². The summed E-state index contributed by atoms with van der Waals surface area (Å²) in [6, 6.07) is 7.35. The van der Waals surface area contributed by atoms with E-state index < -0.39 is 6.04 Å². The zero-order chi connectivity index (χ0) is 17.0. The van der Waals surface area contributed by atoms with Gasteiger partial charge in [-0.05, 0) is 23.6 Å². The van der Waals surface area contributed by atoms with E-state index in [4.69, 9.17) is 5.73 Å². The number of carbonyl (C=O) groups excluding carboxylic acids is 1. The first-order chi connectivity index (χ1) is 10.9. The Hall–Kier alpha value is -2.14. The Balaban J connectivity index is 2.11. The Morgan fingerprint density at radius 1 is 1.30 bits per heavy atom. The second-order valence-corrected chi connectivity index (χ2v) is 6.53. The maximum Gasteiger partial charge on any atom is 0.241 e. The molecule has 5 heteroatoms. The van der Waals surface area contributed by atoms with Crippen LogP contribution in [0, 0.1) is 5.92 Å².